The summed E-state index contributed by atoms with van der Waals surface area (Å²) in [5.41, 5.74) is 0.413. The van der Waals surface area contributed by atoms with Crippen LogP contribution in [0.4, 0.5) is 29.1 Å². The van der Waals surface area contributed by atoms with Crippen molar-refractivity contribution in [1.82, 2.24) is 15.1 Å². The van der Waals surface area contributed by atoms with Crippen LogP contribution in [0.3, 0.4) is 0 Å². The van der Waals surface area contributed by atoms with Crippen LogP contribution < -0.4 is 10.2 Å². The van der Waals surface area contributed by atoms with Gasteiger partial charge in [0.25, 0.3) is 0 Å². The Kier molecular flexibility index (Phi) is 5.70. The maximum absolute atomic E-state index is 14.6. The molecule has 0 amide bonds. The van der Waals surface area contributed by atoms with Gasteiger partial charge in [-0.3, -0.25) is 0 Å². The molecule has 1 fully saturated rings. The van der Waals surface area contributed by atoms with E-state index in [-0.39, 0.29) is 5.56 Å². The van der Waals surface area contributed by atoms with Crippen LogP contribution in [0.2, 0.25) is 0 Å². The van der Waals surface area contributed by atoms with Crippen LogP contribution in [0, 0.1) is 12.7 Å². The third-order valence-electron chi connectivity index (χ3n) is 6.06. The number of aryl methyl sites for hydroxylation is 1. The molecular formula is C23H25F4N5. The van der Waals surface area contributed by atoms with Crippen molar-refractivity contribution < 1.29 is 17.6 Å². The number of aromatic nitrogens is 2. The van der Waals surface area contributed by atoms with Crippen molar-refractivity contribution in [1.29, 1.82) is 0 Å². The summed E-state index contributed by atoms with van der Waals surface area (Å²) in [6.45, 7) is 5.27. The molecule has 0 aliphatic carbocycles. The molecule has 1 aliphatic rings. The molecule has 1 saturated heterocycles. The zero-order valence-electron chi connectivity index (χ0n) is 18.3. The predicted molar refractivity (Wildman–Crippen MR) is 117 cm³/mol. The minimum Gasteiger partial charge on any atom is -0.368 e. The molecule has 0 radical (unpaired) electrons. The molecule has 3 aromatic rings. The molecule has 170 valence electrons. The molecule has 0 bridgehead atoms. The lowest BCUT2D eigenvalue weighted by molar-refractivity contribution is -0.140. The number of fused-ring (bicyclic) bond motifs is 1. The summed E-state index contributed by atoms with van der Waals surface area (Å²) in [5.74, 6) is -0.873. The van der Waals surface area contributed by atoms with Gasteiger partial charge in [-0.15, -0.1) is 5.10 Å². The molecule has 4 rings (SSSR count). The van der Waals surface area contributed by atoms with Crippen LogP contribution in [0.25, 0.3) is 10.8 Å². The van der Waals surface area contributed by atoms with Crippen molar-refractivity contribution in [2.75, 3.05) is 37.4 Å². The number of halogens is 4. The maximum Gasteiger partial charge on any atom is 0.419 e. The molecule has 1 aromatic heterocycles. The van der Waals surface area contributed by atoms with Gasteiger partial charge >= 0.3 is 6.18 Å². The molecule has 1 N–H and O–H groups in total. The van der Waals surface area contributed by atoms with Gasteiger partial charge in [0, 0.05) is 41.2 Å². The van der Waals surface area contributed by atoms with Crippen molar-refractivity contribution in [3.63, 3.8) is 0 Å². The fourth-order valence-corrected chi connectivity index (χ4v) is 3.96. The fourth-order valence-electron chi connectivity index (χ4n) is 3.96. The summed E-state index contributed by atoms with van der Waals surface area (Å²) in [7, 11) is 4.11. The van der Waals surface area contributed by atoms with Crippen molar-refractivity contribution >= 4 is 22.3 Å². The third kappa shape index (κ3) is 4.09. The van der Waals surface area contributed by atoms with E-state index in [9.17, 15) is 17.6 Å². The van der Waals surface area contributed by atoms with E-state index >= 15 is 0 Å². The van der Waals surface area contributed by atoms with Crippen LogP contribution in [-0.2, 0) is 6.18 Å². The Bertz CT molecular complexity index is 1140. The largest absolute Gasteiger partial charge is 0.419 e. The van der Waals surface area contributed by atoms with Crippen LogP contribution in [0.15, 0.2) is 36.4 Å². The molecule has 0 spiro atoms. The Morgan fingerprint density at radius 1 is 1.09 bits per heavy atom. The highest BCUT2D eigenvalue weighted by molar-refractivity contribution is 5.95. The van der Waals surface area contributed by atoms with Gasteiger partial charge in [0.05, 0.1) is 17.3 Å². The lowest BCUT2D eigenvalue weighted by Gasteiger charge is -2.44. The van der Waals surface area contributed by atoms with Gasteiger partial charge < -0.3 is 15.1 Å². The van der Waals surface area contributed by atoms with Gasteiger partial charge in [-0.1, -0.05) is 18.2 Å². The number of likely N-dealkylation sites (N-methyl/N-ethyl adjacent to an activating group) is 1. The third-order valence-corrected chi connectivity index (χ3v) is 6.06. The smallest absolute Gasteiger partial charge is 0.368 e. The van der Waals surface area contributed by atoms with Crippen LogP contribution in [0.1, 0.15) is 29.8 Å². The molecule has 1 atom stereocenters. The highest BCUT2D eigenvalue weighted by Crippen LogP contribution is 2.36. The molecular weight excluding hydrogens is 422 g/mol. The van der Waals surface area contributed by atoms with Gasteiger partial charge in [-0.05, 0) is 46.1 Å². The topological polar surface area (TPSA) is 44.3 Å². The summed E-state index contributed by atoms with van der Waals surface area (Å²) in [6, 6.07) is 9.04. The number of nitrogens with one attached hydrogen (secondary N) is 1. The van der Waals surface area contributed by atoms with E-state index in [1.54, 1.807) is 6.92 Å². The molecule has 0 unspecified atom stereocenters. The van der Waals surface area contributed by atoms with E-state index in [0.29, 0.717) is 11.9 Å². The van der Waals surface area contributed by atoms with Gasteiger partial charge in [-0.2, -0.15) is 18.3 Å². The van der Waals surface area contributed by atoms with E-state index in [4.69, 9.17) is 0 Å². The minimum atomic E-state index is -4.76. The normalized spacial score (nSPS) is 15.8. The standard InChI is InChI=1S/C23H25F4N5/c1-13(18-6-5-7-20(21(18)24)23(25,26)27)28-22-19-10-15(32-11-16(12-32)31(3)4)8-9-17(19)14(2)29-30-22/h5-10,13,16H,11-12H2,1-4H3,(H,28,30)/t13-/m1/s1. The maximum atomic E-state index is 14.6. The van der Waals surface area contributed by atoms with E-state index in [1.807, 2.05) is 25.1 Å². The van der Waals surface area contributed by atoms with E-state index in [0.717, 1.165) is 41.3 Å². The predicted octanol–water partition coefficient (Wildman–Crippen LogP) is 5.02. The number of anilines is 2. The van der Waals surface area contributed by atoms with E-state index in [2.05, 4.69) is 39.4 Å². The first-order valence-electron chi connectivity index (χ1n) is 10.4. The number of alkyl halides is 3. The van der Waals surface area contributed by atoms with E-state index in [1.165, 1.54) is 12.1 Å². The Labute approximate surface area is 184 Å². The van der Waals surface area contributed by atoms with Crippen molar-refractivity contribution in [2.24, 2.45) is 0 Å². The second-order valence-corrected chi connectivity index (χ2v) is 8.46. The lowest BCUT2D eigenvalue weighted by Crippen LogP contribution is -2.57. The summed E-state index contributed by atoms with van der Waals surface area (Å²) < 4.78 is 54.0. The van der Waals surface area contributed by atoms with Crippen molar-refractivity contribution in [3.05, 3.63) is 59.0 Å². The SMILES string of the molecule is Cc1nnc(N[C@H](C)c2cccc(C(F)(F)F)c2F)c2cc(N3CC(N(C)C)C3)ccc12. The quantitative estimate of drug-likeness (QED) is 0.557. The summed E-state index contributed by atoms with van der Waals surface area (Å²) in [4.78, 5) is 4.44. The number of rotatable bonds is 5. The Morgan fingerprint density at radius 3 is 2.47 bits per heavy atom. The number of benzene rings is 2. The monoisotopic (exact) mass is 447 g/mol. The zero-order valence-corrected chi connectivity index (χ0v) is 18.3. The minimum absolute atomic E-state index is 0.0805. The highest BCUT2D eigenvalue weighted by Gasteiger charge is 2.35. The fraction of sp³-hybridized carbons (Fsp3) is 0.391. The summed E-state index contributed by atoms with van der Waals surface area (Å²) in [5, 5.41) is 13.1. The van der Waals surface area contributed by atoms with Gasteiger partial charge in [0.1, 0.15) is 5.82 Å². The number of nitrogens with zero attached hydrogens (tertiary/aromatic N) is 4. The average molecular weight is 447 g/mol. The van der Waals surface area contributed by atoms with Crippen molar-refractivity contribution in [3.8, 4) is 0 Å². The molecule has 5 nitrogen and oxygen atoms in total. The first-order valence-corrected chi connectivity index (χ1v) is 10.4. The Hall–Kier alpha value is -2.94. The first-order chi connectivity index (χ1) is 15.1. The first kappa shape index (κ1) is 22.3. The zero-order chi connectivity index (χ0) is 23.2. The van der Waals surface area contributed by atoms with Crippen molar-refractivity contribution in [2.45, 2.75) is 32.1 Å². The molecule has 0 saturated carbocycles. The molecule has 1 aliphatic heterocycles. The summed E-state index contributed by atoms with van der Waals surface area (Å²) >= 11 is 0. The van der Waals surface area contributed by atoms with E-state index < -0.39 is 23.6 Å². The second-order valence-electron chi connectivity index (χ2n) is 8.46. The summed E-state index contributed by atoms with van der Waals surface area (Å²) in [6.07, 6.45) is -4.76. The number of hydrogen-bond donors (Lipinski definition) is 1. The Morgan fingerprint density at radius 2 is 1.81 bits per heavy atom. The molecule has 2 aromatic carbocycles. The molecule has 32 heavy (non-hydrogen) atoms. The van der Waals surface area contributed by atoms with Crippen LogP contribution in [-0.4, -0.2) is 48.3 Å². The lowest BCUT2D eigenvalue weighted by atomic mass is 10.0. The highest BCUT2D eigenvalue weighted by atomic mass is 19.4. The molecule has 2 heterocycles. The van der Waals surface area contributed by atoms with Crippen LogP contribution in [0.5, 0.6) is 0 Å². The van der Waals surface area contributed by atoms with Crippen LogP contribution >= 0.6 is 0 Å². The number of hydrogen-bond acceptors (Lipinski definition) is 5. The van der Waals surface area contributed by atoms with Gasteiger partial charge in [-0.25, -0.2) is 4.39 Å². The van der Waals surface area contributed by atoms with Gasteiger partial charge in [0.2, 0.25) is 0 Å². The molecule has 9 heteroatoms. The average Bonchev–Trinajstić information content (AvgIpc) is 2.68. The second kappa shape index (κ2) is 8.20. The van der Waals surface area contributed by atoms with Gasteiger partial charge in [0.15, 0.2) is 5.82 Å². The Balaban J connectivity index is 1.66.